The predicted molar refractivity (Wildman–Crippen MR) is 107 cm³/mol. The maximum absolute atomic E-state index is 11.6. The van der Waals surface area contributed by atoms with Gasteiger partial charge in [-0.2, -0.15) is 0 Å². The van der Waals surface area contributed by atoms with E-state index < -0.39 is 22.1 Å². The summed E-state index contributed by atoms with van der Waals surface area (Å²) in [7, 11) is -3.35. The van der Waals surface area contributed by atoms with Gasteiger partial charge in [0.1, 0.15) is 0 Å². The smallest absolute Gasteiger partial charge is 0.322 e. The summed E-state index contributed by atoms with van der Waals surface area (Å²) >= 11 is 0. The Hall–Kier alpha value is -1.85. The second-order valence-electron chi connectivity index (χ2n) is 5.87. The van der Waals surface area contributed by atoms with E-state index in [4.69, 9.17) is 5.73 Å². The molecule has 0 fully saturated rings. The summed E-state index contributed by atoms with van der Waals surface area (Å²) in [6, 6.07) is 29.9. The van der Waals surface area contributed by atoms with E-state index in [9.17, 15) is 8.42 Å². The van der Waals surface area contributed by atoms with Gasteiger partial charge in [-0.05, 0) is 11.1 Å². The molecule has 4 nitrogen and oxygen atoms in total. The van der Waals surface area contributed by atoms with E-state index in [-0.39, 0.29) is 19.5 Å². The van der Waals surface area contributed by atoms with E-state index in [0.29, 0.717) is 0 Å². The van der Waals surface area contributed by atoms with Crippen LogP contribution in [0.5, 0.6) is 0 Å². The SMILES string of the molecule is CS(=O)(=O)N[C@@H](c1ccccc1)[C@@H](N)c1ccccc1.[Ru+2].c1ccccc1. The second-order valence-corrected chi connectivity index (χ2v) is 7.65. The van der Waals surface area contributed by atoms with E-state index in [1.807, 2.05) is 97.1 Å². The Morgan fingerprint density at radius 2 is 1.04 bits per heavy atom. The molecule has 0 spiro atoms. The molecule has 0 aliphatic rings. The Labute approximate surface area is 174 Å². The Kier molecular flexibility index (Phi) is 10.1. The average Bonchev–Trinajstić information content (AvgIpc) is 2.68. The number of hydrogen-bond acceptors (Lipinski definition) is 3. The van der Waals surface area contributed by atoms with Crippen molar-refractivity contribution in [2.24, 2.45) is 5.73 Å². The van der Waals surface area contributed by atoms with Crippen molar-refractivity contribution in [3.63, 3.8) is 0 Å². The third-order valence-electron chi connectivity index (χ3n) is 3.71. The zero-order valence-corrected chi connectivity index (χ0v) is 17.6. The van der Waals surface area contributed by atoms with Crippen LogP contribution < -0.4 is 10.5 Å². The minimum absolute atomic E-state index is 0. The molecule has 0 aromatic heterocycles. The van der Waals surface area contributed by atoms with Crippen LogP contribution in [0.15, 0.2) is 97.1 Å². The molecule has 0 amide bonds. The maximum atomic E-state index is 11.6. The molecular weight excluding hydrogens is 445 g/mol. The first-order chi connectivity index (χ1) is 12.5. The van der Waals surface area contributed by atoms with Crippen molar-refractivity contribution in [1.82, 2.24) is 4.72 Å². The third kappa shape index (κ3) is 8.59. The number of sulfonamides is 1. The molecule has 142 valence electrons. The Morgan fingerprint density at radius 3 is 1.41 bits per heavy atom. The van der Waals surface area contributed by atoms with Crippen molar-refractivity contribution in [2.45, 2.75) is 12.1 Å². The van der Waals surface area contributed by atoms with E-state index in [0.717, 1.165) is 17.4 Å². The number of benzene rings is 3. The molecule has 0 heterocycles. The van der Waals surface area contributed by atoms with Gasteiger partial charge in [-0.1, -0.05) is 97.1 Å². The van der Waals surface area contributed by atoms with E-state index in [2.05, 4.69) is 4.72 Å². The first kappa shape index (κ1) is 23.2. The zero-order valence-electron chi connectivity index (χ0n) is 15.0. The molecule has 0 aliphatic heterocycles. The fraction of sp³-hybridized carbons (Fsp3) is 0.143. The number of rotatable bonds is 5. The van der Waals surface area contributed by atoms with Gasteiger partial charge in [-0.25, -0.2) is 13.1 Å². The minimum Gasteiger partial charge on any atom is -0.322 e. The molecule has 3 N–H and O–H groups in total. The van der Waals surface area contributed by atoms with Gasteiger partial charge in [0.05, 0.1) is 18.3 Å². The molecule has 0 unspecified atom stereocenters. The van der Waals surface area contributed by atoms with Gasteiger partial charge in [-0.15, -0.1) is 0 Å². The summed E-state index contributed by atoms with van der Waals surface area (Å²) in [6.45, 7) is 0. The summed E-state index contributed by atoms with van der Waals surface area (Å²) in [5.41, 5.74) is 7.98. The van der Waals surface area contributed by atoms with Crippen LogP contribution >= 0.6 is 0 Å². The van der Waals surface area contributed by atoms with Crippen LogP contribution in [-0.2, 0) is 29.5 Å². The van der Waals surface area contributed by atoms with Crippen LogP contribution in [0.3, 0.4) is 0 Å². The monoisotopic (exact) mass is 470 g/mol. The maximum Gasteiger partial charge on any atom is 2.00 e. The van der Waals surface area contributed by atoms with Crippen LogP contribution in [0, 0.1) is 0 Å². The number of nitrogens with one attached hydrogen (secondary N) is 1. The number of nitrogens with two attached hydrogens (primary N) is 1. The van der Waals surface area contributed by atoms with Crippen molar-refractivity contribution in [1.29, 1.82) is 0 Å². The van der Waals surface area contributed by atoms with Crippen molar-refractivity contribution in [3.8, 4) is 0 Å². The third-order valence-corrected chi connectivity index (χ3v) is 4.39. The molecule has 0 saturated heterocycles. The van der Waals surface area contributed by atoms with Crippen LogP contribution in [0.4, 0.5) is 0 Å². The summed E-state index contributed by atoms with van der Waals surface area (Å²) in [5, 5.41) is 0. The van der Waals surface area contributed by atoms with Crippen LogP contribution in [-0.4, -0.2) is 14.7 Å². The summed E-state index contributed by atoms with van der Waals surface area (Å²) < 4.78 is 25.8. The summed E-state index contributed by atoms with van der Waals surface area (Å²) in [5.74, 6) is 0. The van der Waals surface area contributed by atoms with Gasteiger partial charge in [0.15, 0.2) is 0 Å². The van der Waals surface area contributed by atoms with Crippen molar-refractivity contribution in [3.05, 3.63) is 108 Å². The fourth-order valence-corrected chi connectivity index (χ4v) is 3.24. The predicted octanol–water partition coefficient (Wildman–Crippen LogP) is 3.66. The minimum atomic E-state index is -3.35. The van der Waals surface area contributed by atoms with Crippen molar-refractivity contribution < 1.29 is 27.9 Å². The Balaban J connectivity index is 0.000000444. The van der Waals surface area contributed by atoms with Crippen LogP contribution in [0.2, 0.25) is 0 Å². The molecule has 6 heteroatoms. The standard InChI is InChI=1S/C15H18N2O2S.C6H6.Ru/c1-20(18,19)17-15(13-10-6-3-7-11-13)14(16)12-8-4-2-5-9-12;1-2-4-6-5-3-1;/h2-11,14-15,17H,16H2,1H3;1-6H;/q;;+2/t14-,15-;;/m0../s1. The Bertz CT molecular complexity index is 834. The van der Waals surface area contributed by atoms with Crippen LogP contribution in [0.25, 0.3) is 0 Å². The van der Waals surface area contributed by atoms with Gasteiger partial charge >= 0.3 is 19.5 Å². The van der Waals surface area contributed by atoms with Crippen molar-refractivity contribution >= 4 is 10.0 Å². The van der Waals surface area contributed by atoms with Gasteiger partial charge < -0.3 is 5.73 Å². The number of hydrogen-bond donors (Lipinski definition) is 2. The molecule has 0 saturated carbocycles. The van der Waals surface area contributed by atoms with Crippen molar-refractivity contribution in [2.75, 3.05) is 6.26 Å². The van der Waals surface area contributed by atoms with E-state index >= 15 is 0 Å². The zero-order chi connectivity index (χ0) is 18.8. The molecule has 3 aromatic carbocycles. The molecule has 2 atom stereocenters. The molecule has 3 rings (SSSR count). The molecule has 3 aromatic rings. The first-order valence-corrected chi connectivity index (χ1v) is 10.2. The fourth-order valence-electron chi connectivity index (χ4n) is 2.49. The van der Waals surface area contributed by atoms with E-state index in [1.165, 1.54) is 0 Å². The molecule has 27 heavy (non-hydrogen) atoms. The second kappa shape index (κ2) is 11.8. The quantitative estimate of drug-likeness (QED) is 0.560. The normalized spacial score (nSPS) is 12.7. The molecule has 0 bridgehead atoms. The van der Waals surface area contributed by atoms with Gasteiger partial charge in [0.25, 0.3) is 0 Å². The molecular formula is C21H24N2O2RuS+2. The van der Waals surface area contributed by atoms with Gasteiger partial charge in [0.2, 0.25) is 10.0 Å². The largest absolute Gasteiger partial charge is 2.00 e. The molecule has 0 aliphatic carbocycles. The average molecular weight is 470 g/mol. The van der Waals surface area contributed by atoms with Gasteiger partial charge in [-0.3, -0.25) is 0 Å². The van der Waals surface area contributed by atoms with Crippen LogP contribution in [0.1, 0.15) is 23.2 Å². The van der Waals surface area contributed by atoms with E-state index in [1.54, 1.807) is 0 Å². The first-order valence-electron chi connectivity index (χ1n) is 8.30. The summed E-state index contributed by atoms with van der Waals surface area (Å²) in [4.78, 5) is 0. The van der Waals surface area contributed by atoms with Gasteiger partial charge in [0, 0.05) is 0 Å². The Morgan fingerprint density at radius 1 is 0.704 bits per heavy atom. The summed E-state index contributed by atoms with van der Waals surface area (Å²) in [6.07, 6.45) is 1.14. The molecule has 0 radical (unpaired) electrons. The topological polar surface area (TPSA) is 72.2 Å².